The van der Waals surface area contributed by atoms with Crippen molar-refractivity contribution in [1.82, 2.24) is 5.32 Å². The van der Waals surface area contributed by atoms with E-state index in [4.69, 9.17) is 9.52 Å². The zero-order chi connectivity index (χ0) is 16.3. The van der Waals surface area contributed by atoms with Crippen molar-refractivity contribution >= 4 is 22.8 Å². The van der Waals surface area contributed by atoms with Crippen LogP contribution >= 0.6 is 0 Å². The van der Waals surface area contributed by atoms with E-state index in [9.17, 15) is 9.59 Å². The molecule has 0 aliphatic carbocycles. The number of aliphatic carboxylic acids is 1. The first-order valence-corrected chi connectivity index (χ1v) is 7.37. The third-order valence-corrected chi connectivity index (χ3v) is 3.71. The van der Waals surface area contributed by atoms with Crippen LogP contribution < -0.4 is 5.32 Å². The van der Waals surface area contributed by atoms with Gasteiger partial charge in [0.15, 0.2) is 0 Å². The zero-order valence-corrected chi connectivity index (χ0v) is 13.1. The fourth-order valence-corrected chi connectivity index (χ4v) is 2.33. The van der Waals surface area contributed by atoms with Gasteiger partial charge in [-0.25, -0.2) is 0 Å². The minimum atomic E-state index is -0.872. The van der Waals surface area contributed by atoms with Gasteiger partial charge in [-0.3, -0.25) is 9.59 Å². The van der Waals surface area contributed by atoms with E-state index in [-0.39, 0.29) is 12.3 Å². The first kappa shape index (κ1) is 16.1. The molecule has 5 heteroatoms. The standard InChI is InChI=1S/C17H21NO4/c1-4-11-5-6-14-12(9-11)13(10-22-14)16(21)18-17(2,3)8-7-15(19)20/h5-6,9-10H,4,7-8H2,1-3H3,(H,18,21)(H,19,20). The van der Waals surface area contributed by atoms with Crippen LogP contribution in [0.5, 0.6) is 0 Å². The molecule has 2 N–H and O–H groups in total. The van der Waals surface area contributed by atoms with Crippen molar-refractivity contribution in [3.63, 3.8) is 0 Å². The van der Waals surface area contributed by atoms with E-state index in [1.54, 1.807) is 0 Å². The molecule has 1 amide bonds. The molecule has 0 spiro atoms. The lowest BCUT2D eigenvalue weighted by atomic mass is 9.97. The predicted octanol–water partition coefficient (Wildman–Crippen LogP) is 3.37. The highest BCUT2D eigenvalue weighted by atomic mass is 16.4. The molecular weight excluding hydrogens is 282 g/mol. The molecule has 2 rings (SSSR count). The average Bonchev–Trinajstić information content (AvgIpc) is 2.87. The van der Waals surface area contributed by atoms with E-state index in [2.05, 4.69) is 12.2 Å². The lowest BCUT2D eigenvalue weighted by molar-refractivity contribution is -0.137. The van der Waals surface area contributed by atoms with Crippen LogP contribution in [0.2, 0.25) is 0 Å². The van der Waals surface area contributed by atoms with Gasteiger partial charge < -0.3 is 14.8 Å². The predicted molar refractivity (Wildman–Crippen MR) is 84.0 cm³/mol. The van der Waals surface area contributed by atoms with E-state index in [1.807, 2.05) is 32.0 Å². The monoisotopic (exact) mass is 303 g/mol. The average molecular weight is 303 g/mol. The SMILES string of the molecule is CCc1ccc2occ(C(=O)NC(C)(C)CCC(=O)O)c2c1. The van der Waals surface area contributed by atoms with Gasteiger partial charge in [-0.1, -0.05) is 13.0 Å². The number of carboxylic acid groups (broad SMARTS) is 1. The van der Waals surface area contributed by atoms with E-state index in [0.717, 1.165) is 17.4 Å². The molecule has 22 heavy (non-hydrogen) atoms. The summed E-state index contributed by atoms with van der Waals surface area (Å²) in [6, 6.07) is 5.79. The van der Waals surface area contributed by atoms with E-state index >= 15 is 0 Å². The third kappa shape index (κ3) is 3.67. The van der Waals surface area contributed by atoms with Gasteiger partial charge in [-0.15, -0.1) is 0 Å². The van der Waals surface area contributed by atoms with Gasteiger partial charge in [0.2, 0.25) is 0 Å². The van der Waals surface area contributed by atoms with Gasteiger partial charge in [-0.2, -0.15) is 0 Å². The molecule has 1 heterocycles. The molecule has 0 atom stereocenters. The van der Waals surface area contributed by atoms with Crippen molar-refractivity contribution in [1.29, 1.82) is 0 Å². The Morgan fingerprint density at radius 3 is 2.68 bits per heavy atom. The van der Waals surface area contributed by atoms with E-state index < -0.39 is 11.5 Å². The molecule has 0 saturated carbocycles. The second kappa shape index (κ2) is 6.22. The largest absolute Gasteiger partial charge is 0.481 e. The Morgan fingerprint density at radius 2 is 2.05 bits per heavy atom. The van der Waals surface area contributed by atoms with Crippen molar-refractivity contribution in [2.24, 2.45) is 0 Å². The number of carbonyl (C=O) groups is 2. The van der Waals surface area contributed by atoms with Gasteiger partial charge in [0.25, 0.3) is 5.91 Å². The minimum absolute atomic E-state index is 0.0133. The van der Waals surface area contributed by atoms with Crippen LogP contribution in [-0.2, 0) is 11.2 Å². The normalized spacial score (nSPS) is 11.6. The summed E-state index contributed by atoms with van der Waals surface area (Å²) in [6.45, 7) is 5.68. The summed E-state index contributed by atoms with van der Waals surface area (Å²) >= 11 is 0. The fourth-order valence-electron chi connectivity index (χ4n) is 2.33. The Hall–Kier alpha value is -2.30. The molecular formula is C17H21NO4. The van der Waals surface area contributed by atoms with Crippen LogP contribution in [0.3, 0.4) is 0 Å². The summed E-state index contributed by atoms with van der Waals surface area (Å²) in [5.74, 6) is -1.12. The van der Waals surface area contributed by atoms with Crippen molar-refractivity contribution < 1.29 is 19.1 Å². The van der Waals surface area contributed by atoms with Crippen LogP contribution in [-0.4, -0.2) is 22.5 Å². The van der Waals surface area contributed by atoms with Crippen LogP contribution in [0.4, 0.5) is 0 Å². The Kier molecular flexibility index (Phi) is 4.54. The van der Waals surface area contributed by atoms with Gasteiger partial charge in [-0.05, 0) is 44.4 Å². The molecule has 0 radical (unpaired) electrons. The highest BCUT2D eigenvalue weighted by Crippen LogP contribution is 2.24. The molecule has 0 saturated heterocycles. The maximum absolute atomic E-state index is 12.5. The molecule has 0 fully saturated rings. The van der Waals surface area contributed by atoms with Gasteiger partial charge in [0.05, 0.1) is 5.56 Å². The van der Waals surface area contributed by atoms with Crippen molar-refractivity contribution in [2.45, 2.75) is 45.6 Å². The summed E-state index contributed by atoms with van der Waals surface area (Å²) in [5.41, 5.74) is 1.69. The Morgan fingerprint density at radius 1 is 1.32 bits per heavy atom. The Labute approximate surface area is 129 Å². The summed E-state index contributed by atoms with van der Waals surface area (Å²) in [5, 5.41) is 12.4. The highest BCUT2D eigenvalue weighted by molar-refractivity contribution is 6.06. The van der Waals surface area contributed by atoms with Crippen LogP contribution in [0.1, 0.15) is 49.5 Å². The third-order valence-electron chi connectivity index (χ3n) is 3.71. The number of hydrogen-bond acceptors (Lipinski definition) is 3. The van der Waals surface area contributed by atoms with E-state index in [0.29, 0.717) is 17.6 Å². The highest BCUT2D eigenvalue weighted by Gasteiger charge is 2.24. The first-order chi connectivity index (χ1) is 10.3. The molecule has 0 unspecified atom stereocenters. The second-order valence-electron chi connectivity index (χ2n) is 6.07. The van der Waals surface area contributed by atoms with Crippen molar-refractivity contribution in [2.75, 3.05) is 0 Å². The molecule has 2 aromatic rings. The van der Waals surface area contributed by atoms with Crippen LogP contribution in [0.25, 0.3) is 11.0 Å². The summed E-state index contributed by atoms with van der Waals surface area (Å²) in [6.07, 6.45) is 2.71. The van der Waals surface area contributed by atoms with Gasteiger partial charge in [0.1, 0.15) is 11.8 Å². The number of rotatable bonds is 6. The lowest BCUT2D eigenvalue weighted by Crippen LogP contribution is -2.43. The molecule has 1 aromatic carbocycles. The van der Waals surface area contributed by atoms with Crippen molar-refractivity contribution in [3.8, 4) is 0 Å². The quantitative estimate of drug-likeness (QED) is 0.857. The maximum atomic E-state index is 12.5. The zero-order valence-electron chi connectivity index (χ0n) is 13.1. The lowest BCUT2D eigenvalue weighted by Gasteiger charge is -2.25. The number of furan rings is 1. The number of fused-ring (bicyclic) bond motifs is 1. The maximum Gasteiger partial charge on any atom is 0.303 e. The van der Waals surface area contributed by atoms with Crippen LogP contribution in [0, 0.1) is 0 Å². The summed E-state index contributed by atoms with van der Waals surface area (Å²) in [4.78, 5) is 23.1. The number of amides is 1. The van der Waals surface area contributed by atoms with Crippen LogP contribution in [0.15, 0.2) is 28.9 Å². The summed E-state index contributed by atoms with van der Waals surface area (Å²) < 4.78 is 5.43. The van der Waals surface area contributed by atoms with Gasteiger partial charge in [0, 0.05) is 17.3 Å². The Bertz CT molecular complexity index is 700. The molecule has 118 valence electrons. The molecule has 0 bridgehead atoms. The molecule has 0 aliphatic rings. The number of carboxylic acids is 1. The second-order valence-corrected chi connectivity index (χ2v) is 6.07. The van der Waals surface area contributed by atoms with Gasteiger partial charge >= 0.3 is 5.97 Å². The number of nitrogens with one attached hydrogen (secondary N) is 1. The number of hydrogen-bond donors (Lipinski definition) is 2. The smallest absolute Gasteiger partial charge is 0.303 e. The fraction of sp³-hybridized carbons (Fsp3) is 0.412. The first-order valence-electron chi connectivity index (χ1n) is 7.37. The summed E-state index contributed by atoms with van der Waals surface area (Å²) in [7, 11) is 0. The van der Waals surface area contributed by atoms with Crippen molar-refractivity contribution in [3.05, 3.63) is 35.6 Å². The minimum Gasteiger partial charge on any atom is -0.481 e. The number of aryl methyl sites for hydroxylation is 1. The number of carbonyl (C=O) groups excluding carboxylic acids is 1. The number of benzene rings is 1. The molecule has 1 aromatic heterocycles. The molecule has 5 nitrogen and oxygen atoms in total. The van der Waals surface area contributed by atoms with E-state index in [1.165, 1.54) is 6.26 Å². The topological polar surface area (TPSA) is 79.5 Å². The Balaban J connectivity index is 2.20. The molecule has 0 aliphatic heterocycles.